The molecule has 0 amide bonds. The second-order valence-electron chi connectivity index (χ2n) is 6.56. The van der Waals surface area contributed by atoms with Crippen molar-refractivity contribution in [1.29, 1.82) is 0 Å². The van der Waals surface area contributed by atoms with Crippen LogP contribution in [0.2, 0.25) is 0 Å². The van der Waals surface area contributed by atoms with Gasteiger partial charge in [0, 0.05) is 24.7 Å². The highest BCUT2D eigenvalue weighted by Crippen LogP contribution is 2.23. The van der Waals surface area contributed by atoms with Crippen LogP contribution in [0.5, 0.6) is 5.75 Å². The molecule has 0 radical (unpaired) electrons. The first-order chi connectivity index (χ1) is 13.0. The fourth-order valence-electron chi connectivity index (χ4n) is 3.28. The lowest BCUT2D eigenvalue weighted by Crippen LogP contribution is -2.28. The molecule has 1 saturated heterocycles. The largest absolute Gasteiger partial charge is 0.496 e. The fourth-order valence-corrected chi connectivity index (χ4v) is 3.28. The van der Waals surface area contributed by atoms with Crippen LogP contribution in [-0.4, -0.2) is 49.6 Å². The third-order valence-corrected chi connectivity index (χ3v) is 4.86. The first-order valence-electron chi connectivity index (χ1n) is 8.83. The van der Waals surface area contributed by atoms with E-state index in [4.69, 9.17) is 15.2 Å². The maximum Gasteiger partial charge on any atom is 0.337 e. The van der Waals surface area contributed by atoms with Gasteiger partial charge in [0.2, 0.25) is 0 Å². The van der Waals surface area contributed by atoms with Crippen molar-refractivity contribution in [2.75, 3.05) is 38.8 Å². The third kappa shape index (κ3) is 4.11. The number of carbonyl (C=O) groups is 1. The highest BCUT2D eigenvalue weighted by Gasteiger charge is 2.22. The van der Waals surface area contributed by atoms with Crippen molar-refractivity contribution in [2.45, 2.75) is 13.0 Å². The average Bonchev–Trinajstić information content (AvgIpc) is 3.18. The number of anilines is 1. The van der Waals surface area contributed by atoms with Gasteiger partial charge >= 0.3 is 5.97 Å². The highest BCUT2D eigenvalue weighted by atomic mass is 16.5. The number of hydrogen-bond donors (Lipinski definition) is 1. The zero-order valence-corrected chi connectivity index (χ0v) is 15.6. The van der Waals surface area contributed by atoms with Gasteiger partial charge in [-0.05, 0) is 37.1 Å². The van der Waals surface area contributed by atoms with Crippen LogP contribution >= 0.6 is 0 Å². The minimum Gasteiger partial charge on any atom is -0.496 e. The number of nitrogens with two attached hydrogens (primary N) is 1. The summed E-state index contributed by atoms with van der Waals surface area (Å²) < 4.78 is 11.4. The standard InChI is InChI=1S/C19H24N4O4/c1-26-17-4-3-14(19(25)27-2)7-15(17)12-23-18(24)8-16(10-21-23)22-6-5-13(9-20)11-22/h3-4,7-8,10,13H,5-6,9,11-12,20H2,1-2H3. The van der Waals surface area contributed by atoms with Crippen LogP contribution in [0, 0.1) is 5.92 Å². The molecule has 8 nitrogen and oxygen atoms in total. The Hall–Kier alpha value is -2.87. The lowest BCUT2D eigenvalue weighted by molar-refractivity contribution is 0.0600. The van der Waals surface area contributed by atoms with Crippen LogP contribution in [0.25, 0.3) is 0 Å². The predicted octanol–water partition coefficient (Wildman–Crippen LogP) is 0.872. The van der Waals surface area contributed by atoms with Crippen molar-refractivity contribution in [1.82, 2.24) is 9.78 Å². The van der Waals surface area contributed by atoms with Gasteiger partial charge < -0.3 is 20.1 Å². The predicted molar refractivity (Wildman–Crippen MR) is 101 cm³/mol. The minimum atomic E-state index is -0.446. The number of carbonyl (C=O) groups excluding carboxylic acids is 1. The van der Waals surface area contributed by atoms with Gasteiger partial charge in [0.1, 0.15) is 5.75 Å². The smallest absolute Gasteiger partial charge is 0.337 e. The van der Waals surface area contributed by atoms with E-state index in [2.05, 4.69) is 10.00 Å². The van der Waals surface area contributed by atoms with Crippen LogP contribution in [0.15, 0.2) is 35.3 Å². The lowest BCUT2D eigenvalue weighted by atomic mass is 10.1. The third-order valence-electron chi connectivity index (χ3n) is 4.86. The molecule has 1 unspecified atom stereocenters. The van der Waals surface area contributed by atoms with Gasteiger partial charge in [-0.1, -0.05) is 0 Å². The van der Waals surface area contributed by atoms with Gasteiger partial charge in [0.05, 0.1) is 38.2 Å². The topological polar surface area (TPSA) is 99.7 Å². The molecular formula is C19H24N4O4. The minimum absolute atomic E-state index is 0.193. The van der Waals surface area contributed by atoms with Crippen molar-refractivity contribution < 1.29 is 14.3 Å². The number of benzene rings is 1. The average molecular weight is 372 g/mol. The van der Waals surface area contributed by atoms with Crippen molar-refractivity contribution >= 4 is 11.7 Å². The van der Waals surface area contributed by atoms with Crippen molar-refractivity contribution in [3.05, 3.63) is 51.9 Å². The van der Waals surface area contributed by atoms with E-state index in [1.807, 2.05) is 0 Å². The zero-order valence-electron chi connectivity index (χ0n) is 15.6. The van der Waals surface area contributed by atoms with Gasteiger partial charge in [-0.25, -0.2) is 9.48 Å². The molecule has 1 aliphatic rings. The van der Waals surface area contributed by atoms with Crippen LogP contribution in [0.4, 0.5) is 5.69 Å². The van der Waals surface area contributed by atoms with Gasteiger partial charge in [-0.3, -0.25) is 4.79 Å². The van der Waals surface area contributed by atoms with E-state index in [1.165, 1.54) is 18.9 Å². The van der Waals surface area contributed by atoms with Gasteiger partial charge in [-0.2, -0.15) is 5.10 Å². The summed E-state index contributed by atoms with van der Waals surface area (Å²) >= 11 is 0. The molecule has 1 aliphatic heterocycles. The Labute approximate surface area is 157 Å². The van der Waals surface area contributed by atoms with E-state index >= 15 is 0 Å². The summed E-state index contributed by atoms with van der Waals surface area (Å²) in [6.07, 6.45) is 2.72. The van der Waals surface area contributed by atoms with Crippen molar-refractivity contribution in [3.8, 4) is 5.75 Å². The van der Waals surface area contributed by atoms with E-state index in [0.717, 1.165) is 25.2 Å². The molecule has 0 saturated carbocycles. The van der Waals surface area contributed by atoms with Gasteiger partial charge in [0.25, 0.3) is 5.56 Å². The summed E-state index contributed by atoms with van der Waals surface area (Å²) in [4.78, 5) is 26.4. The summed E-state index contributed by atoms with van der Waals surface area (Å²) in [6, 6.07) is 6.54. The monoisotopic (exact) mass is 372 g/mol. The Balaban J connectivity index is 1.84. The number of nitrogens with zero attached hydrogens (tertiary/aromatic N) is 3. The van der Waals surface area contributed by atoms with Gasteiger partial charge in [0.15, 0.2) is 0 Å². The molecule has 2 aromatic rings. The summed E-state index contributed by atoms with van der Waals surface area (Å²) in [6.45, 7) is 2.56. The summed E-state index contributed by atoms with van der Waals surface area (Å²) in [7, 11) is 2.86. The first-order valence-corrected chi connectivity index (χ1v) is 8.83. The van der Waals surface area contributed by atoms with Crippen molar-refractivity contribution in [3.63, 3.8) is 0 Å². The zero-order chi connectivity index (χ0) is 19.4. The van der Waals surface area contributed by atoms with Gasteiger partial charge in [-0.15, -0.1) is 0 Å². The number of esters is 1. The maximum absolute atomic E-state index is 12.5. The normalized spacial score (nSPS) is 16.4. The number of rotatable bonds is 6. The van der Waals surface area contributed by atoms with Crippen molar-refractivity contribution in [2.24, 2.45) is 11.7 Å². The first kappa shape index (κ1) is 18.9. The second-order valence-corrected chi connectivity index (χ2v) is 6.56. The molecule has 27 heavy (non-hydrogen) atoms. The molecule has 0 bridgehead atoms. The molecule has 0 spiro atoms. The molecule has 8 heteroatoms. The van der Waals surface area contributed by atoms with E-state index in [0.29, 0.717) is 29.3 Å². The van der Waals surface area contributed by atoms with Crippen LogP contribution < -0.4 is 20.9 Å². The summed E-state index contributed by atoms with van der Waals surface area (Å²) in [5, 5.41) is 4.30. The molecule has 3 rings (SSSR count). The van der Waals surface area contributed by atoms with Crippen LogP contribution in [0.1, 0.15) is 22.3 Å². The number of aromatic nitrogens is 2. The Morgan fingerprint density at radius 3 is 2.78 bits per heavy atom. The van der Waals surface area contributed by atoms with E-state index < -0.39 is 5.97 Å². The van der Waals surface area contributed by atoms with E-state index in [-0.39, 0.29) is 12.1 Å². The van der Waals surface area contributed by atoms with E-state index in [9.17, 15) is 9.59 Å². The molecule has 1 aromatic carbocycles. The molecule has 1 atom stereocenters. The quantitative estimate of drug-likeness (QED) is 0.751. The molecular weight excluding hydrogens is 348 g/mol. The Morgan fingerprint density at radius 1 is 1.33 bits per heavy atom. The number of ether oxygens (including phenoxy) is 2. The number of methoxy groups -OCH3 is 2. The molecule has 2 N–H and O–H groups in total. The van der Waals surface area contributed by atoms with Crippen LogP contribution in [0.3, 0.4) is 0 Å². The Bertz CT molecular complexity index is 880. The molecule has 144 valence electrons. The number of hydrogen-bond acceptors (Lipinski definition) is 7. The molecule has 0 aliphatic carbocycles. The Morgan fingerprint density at radius 2 is 2.15 bits per heavy atom. The second kappa shape index (κ2) is 8.22. The Kier molecular flexibility index (Phi) is 5.75. The lowest BCUT2D eigenvalue weighted by Gasteiger charge is -2.18. The SMILES string of the molecule is COC(=O)c1ccc(OC)c(Cn2ncc(N3CCC(CN)C3)cc2=O)c1. The van der Waals surface area contributed by atoms with E-state index in [1.54, 1.807) is 30.5 Å². The molecule has 2 heterocycles. The maximum atomic E-state index is 12.5. The molecule has 1 aromatic heterocycles. The molecule has 1 fully saturated rings. The van der Waals surface area contributed by atoms with Crippen LogP contribution in [-0.2, 0) is 11.3 Å². The summed E-state index contributed by atoms with van der Waals surface area (Å²) in [5.41, 5.74) is 7.39. The fraction of sp³-hybridized carbons (Fsp3) is 0.421. The highest BCUT2D eigenvalue weighted by molar-refractivity contribution is 5.89. The summed E-state index contributed by atoms with van der Waals surface area (Å²) in [5.74, 6) is 0.585.